The maximum atomic E-state index is 12.0. The molecule has 0 aliphatic carbocycles. The van der Waals surface area contributed by atoms with Gasteiger partial charge in [-0.3, -0.25) is 0 Å². The second-order valence-corrected chi connectivity index (χ2v) is 6.35. The van der Waals surface area contributed by atoms with Gasteiger partial charge in [0.2, 0.25) is 0 Å². The third-order valence-corrected chi connectivity index (χ3v) is 3.08. The molecule has 1 aliphatic heterocycles. The van der Waals surface area contributed by atoms with Gasteiger partial charge in [-0.15, -0.1) is 0 Å². The zero-order valence-electron chi connectivity index (χ0n) is 12.6. The summed E-state index contributed by atoms with van der Waals surface area (Å²) >= 11 is 0. The van der Waals surface area contributed by atoms with Crippen molar-refractivity contribution in [2.45, 2.75) is 64.7 Å². The summed E-state index contributed by atoms with van der Waals surface area (Å²) in [7, 11) is 0. The van der Waals surface area contributed by atoms with Gasteiger partial charge in [-0.25, -0.2) is 4.79 Å². The van der Waals surface area contributed by atoms with Gasteiger partial charge in [0, 0.05) is 25.7 Å². The van der Waals surface area contributed by atoms with Crippen molar-refractivity contribution in [2.75, 3.05) is 19.6 Å². The minimum atomic E-state index is -0.437. The summed E-state index contributed by atoms with van der Waals surface area (Å²) in [6.45, 7) is 9.50. The first-order valence-corrected chi connectivity index (χ1v) is 7.17. The fourth-order valence-corrected chi connectivity index (χ4v) is 2.15. The zero-order chi connectivity index (χ0) is 14.5. The van der Waals surface area contributed by atoms with E-state index in [4.69, 9.17) is 4.74 Å². The van der Waals surface area contributed by atoms with Gasteiger partial charge in [0.1, 0.15) is 5.60 Å². The second kappa shape index (κ2) is 7.10. The first-order chi connectivity index (χ1) is 8.78. The van der Waals surface area contributed by atoms with Crippen LogP contribution in [-0.2, 0) is 4.74 Å². The number of hydrogen-bond donors (Lipinski definition) is 2. The van der Waals surface area contributed by atoms with E-state index in [0.29, 0.717) is 19.1 Å². The fourth-order valence-electron chi connectivity index (χ4n) is 2.15. The van der Waals surface area contributed by atoms with Gasteiger partial charge >= 0.3 is 6.09 Å². The number of nitrogens with one attached hydrogen (secondary N) is 1. The average Bonchev–Trinajstić information content (AvgIpc) is 2.49. The minimum absolute atomic E-state index is 0.219. The zero-order valence-corrected chi connectivity index (χ0v) is 12.6. The summed E-state index contributed by atoms with van der Waals surface area (Å²) in [5.74, 6) is 0. The molecule has 0 aromatic carbocycles. The number of aliphatic hydroxyl groups is 1. The van der Waals surface area contributed by atoms with E-state index in [9.17, 15) is 9.90 Å². The van der Waals surface area contributed by atoms with Crippen LogP contribution in [0.5, 0.6) is 0 Å². The minimum Gasteiger partial charge on any atom is -0.444 e. The first-order valence-electron chi connectivity index (χ1n) is 7.17. The molecule has 1 aliphatic rings. The third-order valence-electron chi connectivity index (χ3n) is 3.08. The maximum Gasteiger partial charge on any atom is 0.410 e. The van der Waals surface area contributed by atoms with Gasteiger partial charge in [0.25, 0.3) is 0 Å². The molecule has 0 saturated carbocycles. The molecule has 0 aromatic rings. The normalized spacial score (nSPS) is 22.8. The van der Waals surface area contributed by atoms with Crippen molar-refractivity contribution in [3.63, 3.8) is 0 Å². The quantitative estimate of drug-likeness (QED) is 0.821. The highest BCUT2D eigenvalue weighted by molar-refractivity contribution is 5.68. The Morgan fingerprint density at radius 3 is 2.68 bits per heavy atom. The van der Waals surface area contributed by atoms with Crippen molar-refractivity contribution in [1.82, 2.24) is 10.2 Å². The summed E-state index contributed by atoms with van der Waals surface area (Å²) in [5.41, 5.74) is -0.437. The Kier molecular flexibility index (Phi) is 6.07. The van der Waals surface area contributed by atoms with E-state index >= 15 is 0 Å². The SMILES string of the molecule is CC(O)CNC1CCCN(C(=O)OC(C)(C)C)CC1. The first kappa shape index (κ1) is 16.2. The lowest BCUT2D eigenvalue weighted by atomic mass is 10.1. The van der Waals surface area contributed by atoms with Crippen LogP contribution in [0.1, 0.15) is 47.0 Å². The number of ether oxygens (including phenoxy) is 1. The number of likely N-dealkylation sites (tertiary alicyclic amines) is 1. The molecule has 19 heavy (non-hydrogen) atoms. The molecule has 1 amide bonds. The van der Waals surface area contributed by atoms with Gasteiger partial charge in [0.05, 0.1) is 6.10 Å². The topological polar surface area (TPSA) is 61.8 Å². The maximum absolute atomic E-state index is 12.0. The summed E-state index contributed by atoms with van der Waals surface area (Å²) in [6.07, 6.45) is 2.36. The number of hydrogen-bond acceptors (Lipinski definition) is 4. The highest BCUT2D eigenvalue weighted by Crippen LogP contribution is 2.15. The van der Waals surface area contributed by atoms with E-state index in [-0.39, 0.29) is 12.2 Å². The predicted octanol–water partition coefficient (Wildman–Crippen LogP) is 1.75. The summed E-state index contributed by atoms with van der Waals surface area (Å²) < 4.78 is 5.39. The van der Waals surface area contributed by atoms with E-state index in [0.717, 1.165) is 25.8 Å². The van der Waals surface area contributed by atoms with Crippen LogP contribution >= 0.6 is 0 Å². The van der Waals surface area contributed by atoms with Crippen molar-refractivity contribution < 1.29 is 14.6 Å². The molecule has 0 aromatic heterocycles. The highest BCUT2D eigenvalue weighted by Gasteiger charge is 2.25. The number of amides is 1. The molecule has 1 rings (SSSR count). The largest absolute Gasteiger partial charge is 0.444 e. The van der Waals surface area contributed by atoms with Gasteiger partial charge in [-0.1, -0.05) is 0 Å². The van der Waals surface area contributed by atoms with Crippen molar-refractivity contribution in [1.29, 1.82) is 0 Å². The molecule has 1 heterocycles. The van der Waals surface area contributed by atoms with E-state index in [1.54, 1.807) is 11.8 Å². The van der Waals surface area contributed by atoms with Crippen molar-refractivity contribution in [3.05, 3.63) is 0 Å². The lowest BCUT2D eigenvalue weighted by Crippen LogP contribution is -2.38. The molecule has 0 radical (unpaired) electrons. The number of rotatable bonds is 3. The van der Waals surface area contributed by atoms with Crippen molar-refractivity contribution in [2.24, 2.45) is 0 Å². The van der Waals surface area contributed by atoms with Gasteiger partial charge in [-0.2, -0.15) is 0 Å². The molecule has 5 heteroatoms. The summed E-state index contributed by atoms with van der Waals surface area (Å²) in [6, 6.07) is 0.377. The van der Waals surface area contributed by atoms with Crippen LogP contribution in [0.3, 0.4) is 0 Å². The van der Waals surface area contributed by atoms with Crippen molar-refractivity contribution >= 4 is 6.09 Å². The molecule has 2 N–H and O–H groups in total. The Labute approximate surface area is 116 Å². The Hall–Kier alpha value is -0.810. The molecule has 5 nitrogen and oxygen atoms in total. The smallest absolute Gasteiger partial charge is 0.410 e. The molecular formula is C14H28N2O3. The predicted molar refractivity (Wildman–Crippen MR) is 75.1 cm³/mol. The molecule has 0 spiro atoms. The molecule has 2 atom stereocenters. The van der Waals surface area contributed by atoms with Crippen LogP contribution in [0.15, 0.2) is 0 Å². The standard InChI is InChI=1S/C14H28N2O3/c1-11(17)10-15-12-6-5-8-16(9-7-12)13(18)19-14(2,3)4/h11-12,15,17H,5-10H2,1-4H3. The summed E-state index contributed by atoms with van der Waals surface area (Å²) in [4.78, 5) is 13.8. The number of aliphatic hydroxyl groups excluding tert-OH is 1. The van der Waals surface area contributed by atoms with Crippen LogP contribution in [0.2, 0.25) is 0 Å². The lowest BCUT2D eigenvalue weighted by molar-refractivity contribution is 0.0255. The molecule has 1 saturated heterocycles. The third kappa shape index (κ3) is 6.78. The lowest BCUT2D eigenvalue weighted by Gasteiger charge is -2.26. The molecule has 0 bridgehead atoms. The van der Waals surface area contributed by atoms with Crippen LogP contribution in [-0.4, -0.2) is 53.5 Å². The number of carbonyl (C=O) groups is 1. The molecule has 112 valence electrons. The van der Waals surface area contributed by atoms with Crippen LogP contribution in [0.4, 0.5) is 4.79 Å². The molecular weight excluding hydrogens is 244 g/mol. The van der Waals surface area contributed by atoms with Crippen molar-refractivity contribution in [3.8, 4) is 0 Å². The summed E-state index contributed by atoms with van der Waals surface area (Å²) in [5, 5.41) is 12.6. The van der Waals surface area contributed by atoms with Gasteiger partial charge in [0.15, 0.2) is 0 Å². The van der Waals surface area contributed by atoms with E-state index in [2.05, 4.69) is 5.32 Å². The van der Waals surface area contributed by atoms with Crippen LogP contribution in [0, 0.1) is 0 Å². The Balaban J connectivity index is 2.39. The van der Waals surface area contributed by atoms with Crippen LogP contribution in [0.25, 0.3) is 0 Å². The van der Waals surface area contributed by atoms with E-state index < -0.39 is 5.60 Å². The van der Waals surface area contributed by atoms with Gasteiger partial charge < -0.3 is 20.1 Å². The Morgan fingerprint density at radius 1 is 1.42 bits per heavy atom. The van der Waals surface area contributed by atoms with E-state index in [1.165, 1.54) is 0 Å². The Bertz CT molecular complexity index is 287. The average molecular weight is 272 g/mol. The van der Waals surface area contributed by atoms with E-state index in [1.807, 2.05) is 20.8 Å². The highest BCUT2D eigenvalue weighted by atomic mass is 16.6. The molecule has 1 fully saturated rings. The monoisotopic (exact) mass is 272 g/mol. The number of carbonyl (C=O) groups excluding carboxylic acids is 1. The Morgan fingerprint density at radius 2 is 2.11 bits per heavy atom. The fraction of sp³-hybridized carbons (Fsp3) is 0.929. The second-order valence-electron chi connectivity index (χ2n) is 6.35. The van der Waals surface area contributed by atoms with Gasteiger partial charge in [-0.05, 0) is 47.0 Å². The van der Waals surface area contributed by atoms with Crippen LogP contribution < -0.4 is 5.32 Å². The number of nitrogens with zero attached hydrogens (tertiary/aromatic N) is 1. The molecule has 2 unspecified atom stereocenters.